The lowest BCUT2D eigenvalue weighted by Crippen LogP contribution is -2.24. The van der Waals surface area contributed by atoms with Crippen molar-refractivity contribution in [2.75, 3.05) is 0 Å². The van der Waals surface area contributed by atoms with E-state index in [0.717, 1.165) is 16.5 Å². The maximum absolute atomic E-state index is 13.2. The second-order valence-electron chi connectivity index (χ2n) is 6.11. The van der Waals surface area contributed by atoms with Gasteiger partial charge in [-0.3, -0.25) is 9.78 Å². The average molecular weight is 397 g/mol. The molecular weight excluding hydrogens is 383 g/mol. The number of halogens is 2. The zero-order chi connectivity index (χ0) is 19.5. The molecule has 0 spiro atoms. The molecule has 1 amide bonds. The van der Waals surface area contributed by atoms with Gasteiger partial charge in [-0.15, -0.1) is 10.2 Å². The minimum Gasteiger partial charge on any atom is -0.420 e. The summed E-state index contributed by atoms with van der Waals surface area (Å²) in [6.45, 7) is 0.220. The summed E-state index contributed by atoms with van der Waals surface area (Å²) >= 11 is 5.73. The molecule has 6 nitrogen and oxygen atoms in total. The molecule has 0 aliphatic rings. The molecule has 0 fully saturated rings. The predicted molar refractivity (Wildman–Crippen MR) is 102 cm³/mol. The fraction of sp³-hybridized carbons (Fsp3) is 0.100. The van der Waals surface area contributed by atoms with E-state index < -0.39 is 5.82 Å². The largest absolute Gasteiger partial charge is 0.420 e. The molecule has 0 saturated heterocycles. The summed E-state index contributed by atoms with van der Waals surface area (Å²) in [5.74, 6) is -0.257. The van der Waals surface area contributed by atoms with Crippen LogP contribution in [0.5, 0.6) is 0 Å². The standard InChI is InChI=1S/C20H14ClFN4O2/c21-15-8-12(3-5-16(15)22)11-24-18(27)10-19-25-26-20(28-19)14-4-6-17-13(9-14)2-1-7-23-17/h1-9H,10-11H2,(H,24,27). The first-order valence-corrected chi connectivity index (χ1v) is 8.84. The molecule has 140 valence electrons. The van der Waals surface area contributed by atoms with Crippen molar-refractivity contribution in [2.45, 2.75) is 13.0 Å². The summed E-state index contributed by atoms with van der Waals surface area (Å²) in [5.41, 5.74) is 2.31. The summed E-state index contributed by atoms with van der Waals surface area (Å²) < 4.78 is 18.8. The number of benzene rings is 2. The number of amides is 1. The van der Waals surface area contributed by atoms with E-state index in [1.807, 2.05) is 30.3 Å². The number of pyridine rings is 1. The molecular formula is C20H14ClFN4O2. The number of hydrogen-bond acceptors (Lipinski definition) is 5. The van der Waals surface area contributed by atoms with E-state index in [0.29, 0.717) is 11.5 Å². The minimum absolute atomic E-state index is 0.0128. The Kier molecular flexibility index (Phi) is 4.99. The van der Waals surface area contributed by atoms with Crippen molar-refractivity contribution in [2.24, 2.45) is 0 Å². The summed E-state index contributed by atoms with van der Waals surface area (Å²) in [4.78, 5) is 16.4. The van der Waals surface area contributed by atoms with Crippen LogP contribution in [0.1, 0.15) is 11.5 Å². The Labute approximate surface area is 164 Å². The number of carbonyl (C=O) groups is 1. The maximum atomic E-state index is 13.2. The van der Waals surface area contributed by atoms with Gasteiger partial charge in [0.15, 0.2) is 0 Å². The van der Waals surface area contributed by atoms with Crippen molar-refractivity contribution in [3.63, 3.8) is 0 Å². The molecule has 1 N–H and O–H groups in total. The lowest BCUT2D eigenvalue weighted by atomic mass is 10.1. The number of fused-ring (bicyclic) bond motifs is 1. The fourth-order valence-electron chi connectivity index (χ4n) is 2.70. The van der Waals surface area contributed by atoms with E-state index in [4.69, 9.17) is 16.0 Å². The average Bonchev–Trinajstić information content (AvgIpc) is 3.17. The molecule has 2 heterocycles. The molecule has 2 aromatic carbocycles. The number of hydrogen-bond donors (Lipinski definition) is 1. The highest BCUT2D eigenvalue weighted by molar-refractivity contribution is 6.30. The van der Waals surface area contributed by atoms with Crippen molar-refractivity contribution >= 4 is 28.4 Å². The van der Waals surface area contributed by atoms with Crippen molar-refractivity contribution < 1.29 is 13.6 Å². The molecule has 8 heteroatoms. The van der Waals surface area contributed by atoms with Crippen LogP contribution < -0.4 is 5.32 Å². The van der Waals surface area contributed by atoms with Crippen molar-refractivity contribution in [1.82, 2.24) is 20.5 Å². The van der Waals surface area contributed by atoms with Gasteiger partial charge in [-0.2, -0.15) is 0 Å². The number of nitrogens with one attached hydrogen (secondary N) is 1. The SMILES string of the molecule is O=C(Cc1nnc(-c2ccc3ncccc3c2)o1)NCc1ccc(F)c(Cl)c1. The summed E-state index contributed by atoms with van der Waals surface area (Å²) in [5, 5.41) is 11.6. The highest BCUT2D eigenvalue weighted by Crippen LogP contribution is 2.22. The van der Waals surface area contributed by atoms with Crippen LogP contribution in [-0.4, -0.2) is 21.1 Å². The van der Waals surface area contributed by atoms with Gasteiger partial charge in [-0.25, -0.2) is 4.39 Å². The number of nitrogens with zero attached hydrogens (tertiary/aromatic N) is 3. The summed E-state index contributed by atoms with van der Waals surface area (Å²) in [6, 6.07) is 13.7. The molecule has 0 unspecified atom stereocenters. The van der Waals surface area contributed by atoms with Crippen molar-refractivity contribution in [3.05, 3.63) is 77.0 Å². The van der Waals surface area contributed by atoms with Gasteiger partial charge in [0.25, 0.3) is 0 Å². The smallest absolute Gasteiger partial charge is 0.247 e. The van der Waals surface area contributed by atoms with Crippen LogP contribution in [-0.2, 0) is 17.8 Å². The normalized spacial score (nSPS) is 10.9. The first kappa shape index (κ1) is 18.1. The third-order valence-electron chi connectivity index (χ3n) is 4.10. The van der Waals surface area contributed by atoms with E-state index in [1.54, 1.807) is 12.3 Å². The van der Waals surface area contributed by atoms with Crippen LogP contribution in [0.2, 0.25) is 5.02 Å². The lowest BCUT2D eigenvalue weighted by Gasteiger charge is -2.04. The molecule has 2 aromatic heterocycles. The van der Waals surface area contributed by atoms with Gasteiger partial charge in [0.2, 0.25) is 17.7 Å². The lowest BCUT2D eigenvalue weighted by molar-refractivity contribution is -0.120. The molecule has 0 aliphatic carbocycles. The highest BCUT2D eigenvalue weighted by Gasteiger charge is 2.13. The third kappa shape index (κ3) is 3.99. The van der Waals surface area contributed by atoms with Gasteiger partial charge < -0.3 is 9.73 Å². The van der Waals surface area contributed by atoms with Gasteiger partial charge >= 0.3 is 0 Å². The monoisotopic (exact) mass is 396 g/mol. The predicted octanol–water partition coefficient (Wildman–Crippen LogP) is 3.94. The van der Waals surface area contributed by atoms with Crippen LogP contribution in [0.4, 0.5) is 4.39 Å². The Bertz CT molecular complexity index is 1160. The molecule has 4 rings (SSSR count). The van der Waals surface area contributed by atoms with Crippen LogP contribution in [0.15, 0.2) is 59.1 Å². The van der Waals surface area contributed by atoms with Crippen LogP contribution in [0.25, 0.3) is 22.4 Å². The molecule has 0 atom stereocenters. The second-order valence-corrected chi connectivity index (χ2v) is 6.52. The summed E-state index contributed by atoms with van der Waals surface area (Å²) in [7, 11) is 0. The Morgan fingerprint density at radius 3 is 2.89 bits per heavy atom. The zero-order valence-electron chi connectivity index (χ0n) is 14.5. The minimum atomic E-state index is -0.500. The van der Waals surface area contributed by atoms with Crippen molar-refractivity contribution in [3.8, 4) is 11.5 Å². The molecule has 0 aliphatic heterocycles. The Morgan fingerprint density at radius 1 is 1.14 bits per heavy atom. The second kappa shape index (κ2) is 7.74. The van der Waals surface area contributed by atoms with Gasteiger partial charge in [-0.1, -0.05) is 23.7 Å². The Hall–Kier alpha value is -3.32. The maximum Gasteiger partial charge on any atom is 0.247 e. The van der Waals surface area contributed by atoms with E-state index >= 15 is 0 Å². The van der Waals surface area contributed by atoms with E-state index in [1.165, 1.54) is 12.1 Å². The van der Waals surface area contributed by atoms with Gasteiger partial charge in [0, 0.05) is 23.7 Å². The molecule has 4 aromatic rings. The molecule has 0 radical (unpaired) electrons. The Balaban J connectivity index is 1.40. The third-order valence-corrected chi connectivity index (χ3v) is 4.39. The van der Waals surface area contributed by atoms with Crippen LogP contribution in [0.3, 0.4) is 0 Å². The molecule has 0 bridgehead atoms. The summed E-state index contributed by atoms with van der Waals surface area (Å²) in [6.07, 6.45) is 1.67. The van der Waals surface area contributed by atoms with Gasteiger partial charge in [0.05, 0.1) is 10.5 Å². The quantitative estimate of drug-likeness (QED) is 0.552. The number of carbonyl (C=O) groups excluding carboxylic acids is 1. The first-order chi connectivity index (χ1) is 13.6. The van der Waals surface area contributed by atoms with Crippen LogP contribution in [0, 0.1) is 5.82 Å². The highest BCUT2D eigenvalue weighted by atomic mass is 35.5. The van der Waals surface area contributed by atoms with Gasteiger partial charge in [-0.05, 0) is 42.0 Å². The molecule has 0 saturated carbocycles. The van der Waals surface area contributed by atoms with Gasteiger partial charge in [0.1, 0.15) is 12.2 Å². The zero-order valence-corrected chi connectivity index (χ0v) is 15.3. The van der Waals surface area contributed by atoms with E-state index in [2.05, 4.69) is 20.5 Å². The van der Waals surface area contributed by atoms with Crippen molar-refractivity contribution in [1.29, 1.82) is 0 Å². The molecule has 28 heavy (non-hydrogen) atoms. The first-order valence-electron chi connectivity index (χ1n) is 8.46. The number of rotatable bonds is 5. The topological polar surface area (TPSA) is 80.9 Å². The number of aromatic nitrogens is 3. The Morgan fingerprint density at radius 2 is 2.04 bits per heavy atom. The van der Waals surface area contributed by atoms with Crippen LogP contribution >= 0.6 is 11.6 Å². The fourth-order valence-corrected chi connectivity index (χ4v) is 2.90. The van der Waals surface area contributed by atoms with E-state index in [9.17, 15) is 9.18 Å². The van der Waals surface area contributed by atoms with E-state index in [-0.39, 0.29) is 29.8 Å².